The highest BCUT2D eigenvalue weighted by Gasteiger charge is 2.30. The van der Waals surface area contributed by atoms with Crippen LogP contribution in [-0.4, -0.2) is 35.2 Å². The smallest absolute Gasteiger partial charge is 0.271 e. The summed E-state index contributed by atoms with van der Waals surface area (Å²) in [6.45, 7) is 0. The second-order valence-corrected chi connectivity index (χ2v) is 7.00. The Hall–Kier alpha value is -4.14. The third-order valence-corrected chi connectivity index (χ3v) is 5.42. The maximum Gasteiger partial charge on any atom is 0.271 e. The number of amides is 1. The molecule has 2 heterocycles. The lowest BCUT2D eigenvalue weighted by molar-refractivity contribution is -0.384. The first kappa shape index (κ1) is 17.9. The fraction of sp³-hybridized carbons (Fsp3) is 0.143. The molecule has 150 valence electrons. The van der Waals surface area contributed by atoms with E-state index in [4.69, 9.17) is 9.47 Å². The second kappa shape index (κ2) is 6.45. The predicted molar refractivity (Wildman–Crippen MR) is 110 cm³/mol. The van der Waals surface area contributed by atoms with Gasteiger partial charge in [-0.15, -0.1) is 0 Å². The number of H-pyrrole nitrogens is 1. The number of benzene rings is 2. The van der Waals surface area contributed by atoms with Gasteiger partial charge in [-0.3, -0.25) is 20.0 Å². The Balaban J connectivity index is 1.56. The molecule has 2 aliphatic rings. The van der Waals surface area contributed by atoms with Crippen LogP contribution in [-0.2, 0) is 11.2 Å². The Morgan fingerprint density at radius 2 is 1.90 bits per heavy atom. The lowest BCUT2D eigenvalue weighted by Gasteiger charge is -2.09. The van der Waals surface area contributed by atoms with Gasteiger partial charge in [0.2, 0.25) is 0 Å². The van der Waals surface area contributed by atoms with E-state index < -0.39 is 4.92 Å². The topological polar surface area (TPSA) is 119 Å². The fourth-order valence-corrected chi connectivity index (χ4v) is 3.96. The maximum absolute atomic E-state index is 12.5. The van der Waals surface area contributed by atoms with Crippen molar-refractivity contribution in [3.63, 3.8) is 0 Å². The van der Waals surface area contributed by atoms with E-state index in [9.17, 15) is 14.9 Å². The minimum Gasteiger partial charge on any atom is -0.493 e. The maximum atomic E-state index is 12.5. The van der Waals surface area contributed by atoms with Crippen LogP contribution in [0.5, 0.6) is 11.5 Å². The van der Waals surface area contributed by atoms with Crippen LogP contribution < -0.4 is 14.8 Å². The van der Waals surface area contributed by atoms with Crippen LogP contribution >= 0.6 is 0 Å². The number of aromatic nitrogens is 2. The predicted octanol–water partition coefficient (Wildman–Crippen LogP) is 3.40. The van der Waals surface area contributed by atoms with Crippen molar-refractivity contribution in [1.82, 2.24) is 10.2 Å². The molecule has 0 saturated carbocycles. The Morgan fingerprint density at radius 1 is 1.13 bits per heavy atom. The number of hydrogen-bond donors (Lipinski definition) is 2. The highest BCUT2D eigenvalue weighted by atomic mass is 16.6. The second-order valence-electron chi connectivity index (χ2n) is 7.00. The number of methoxy groups -OCH3 is 2. The summed E-state index contributed by atoms with van der Waals surface area (Å²) in [5.74, 6) is 0.960. The van der Waals surface area contributed by atoms with Gasteiger partial charge in [-0.05, 0) is 29.8 Å². The van der Waals surface area contributed by atoms with Crippen LogP contribution in [0.15, 0.2) is 30.3 Å². The monoisotopic (exact) mass is 404 g/mol. The Bertz CT molecular complexity index is 1270. The molecule has 2 N–H and O–H groups in total. The van der Waals surface area contributed by atoms with Crippen molar-refractivity contribution in [2.75, 3.05) is 19.5 Å². The SMILES string of the molecule is COc1cc2c(cc1OC)-c1n[nH]c(/C=C3\C(=O)Nc4cc([N+](=O)[O-])ccc43)c1C2. The van der Waals surface area contributed by atoms with Crippen LogP contribution in [0.1, 0.15) is 22.4 Å². The zero-order valence-corrected chi connectivity index (χ0v) is 16.1. The van der Waals surface area contributed by atoms with E-state index in [-0.39, 0.29) is 11.6 Å². The summed E-state index contributed by atoms with van der Waals surface area (Å²) in [6, 6.07) is 8.16. The molecule has 1 aromatic heterocycles. The zero-order valence-electron chi connectivity index (χ0n) is 16.1. The molecule has 9 nitrogen and oxygen atoms in total. The molecule has 0 fully saturated rings. The molecular formula is C21H16N4O5. The summed E-state index contributed by atoms with van der Waals surface area (Å²) in [5.41, 5.74) is 5.91. The van der Waals surface area contributed by atoms with Gasteiger partial charge in [0.1, 0.15) is 0 Å². The van der Waals surface area contributed by atoms with Gasteiger partial charge >= 0.3 is 0 Å². The molecule has 0 bridgehead atoms. The van der Waals surface area contributed by atoms with Gasteiger partial charge in [0.05, 0.1) is 41.8 Å². The number of anilines is 1. The average Bonchev–Trinajstić information content (AvgIpc) is 3.39. The van der Waals surface area contributed by atoms with E-state index in [1.54, 1.807) is 26.4 Å². The van der Waals surface area contributed by atoms with Crippen LogP contribution in [0.25, 0.3) is 22.9 Å². The number of nitro groups is 1. The molecule has 0 saturated heterocycles. The first-order chi connectivity index (χ1) is 14.5. The fourth-order valence-electron chi connectivity index (χ4n) is 3.96. The van der Waals surface area contributed by atoms with Gasteiger partial charge in [-0.1, -0.05) is 0 Å². The van der Waals surface area contributed by atoms with E-state index >= 15 is 0 Å². The Morgan fingerprint density at radius 3 is 2.63 bits per heavy atom. The number of carbonyl (C=O) groups is 1. The molecule has 2 aromatic carbocycles. The molecular weight excluding hydrogens is 388 g/mol. The van der Waals surface area contributed by atoms with Crippen LogP contribution in [0.3, 0.4) is 0 Å². The molecule has 5 rings (SSSR count). The number of hydrogen-bond acceptors (Lipinski definition) is 6. The van der Waals surface area contributed by atoms with Crippen molar-refractivity contribution in [2.24, 2.45) is 0 Å². The van der Waals surface area contributed by atoms with E-state index in [1.807, 2.05) is 12.1 Å². The zero-order chi connectivity index (χ0) is 21.0. The number of rotatable bonds is 4. The Labute approximate surface area is 170 Å². The number of nitrogens with zero attached hydrogens (tertiary/aromatic N) is 2. The van der Waals surface area contributed by atoms with Crippen LogP contribution in [0, 0.1) is 10.1 Å². The molecule has 0 spiro atoms. The quantitative estimate of drug-likeness (QED) is 0.306. The highest BCUT2D eigenvalue weighted by molar-refractivity contribution is 6.35. The molecule has 0 radical (unpaired) electrons. The van der Waals surface area contributed by atoms with E-state index in [0.717, 1.165) is 28.1 Å². The third-order valence-electron chi connectivity index (χ3n) is 5.42. The van der Waals surface area contributed by atoms with Crippen molar-refractivity contribution in [1.29, 1.82) is 0 Å². The molecule has 0 atom stereocenters. The van der Waals surface area contributed by atoms with Crippen molar-refractivity contribution in [3.05, 3.63) is 62.8 Å². The minimum atomic E-state index is -0.490. The lowest BCUT2D eigenvalue weighted by Crippen LogP contribution is -2.04. The summed E-state index contributed by atoms with van der Waals surface area (Å²) >= 11 is 0. The molecule has 1 aliphatic carbocycles. The summed E-state index contributed by atoms with van der Waals surface area (Å²) < 4.78 is 10.8. The summed E-state index contributed by atoms with van der Waals surface area (Å²) in [6.07, 6.45) is 2.37. The summed E-state index contributed by atoms with van der Waals surface area (Å²) in [5, 5.41) is 21.1. The number of non-ortho nitro benzene ring substituents is 1. The van der Waals surface area contributed by atoms with Crippen LogP contribution in [0.2, 0.25) is 0 Å². The van der Waals surface area contributed by atoms with Gasteiger partial charge < -0.3 is 14.8 Å². The molecule has 1 amide bonds. The number of fused-ring (bicyclic) bond motifs is 4. The van der Waals surface area contributed by atoms with Crippen molar-refractivity contribution in [2.45, 2.75) is 6.42 Å². The third kappa shape index (κ3) is 2.55. The van der Waals surface area contributed by atoms with E-state index in [0.29, 0.717) is 34.7 Å². The standard InChI is InChI=1S/C21H16N4O5/c1-29-18-6-10-5-15-17(23-24-20(15)13(10)9-19(18)30-2)8-14-12-4-3-11(25(27)28)7-16(12)22-21(14)26/h3-4,6-9H,5H2,1-2H3,(H,22,26)(H,23,24)/b14-8-. The van der Waals surface area contributed by atoms with Gasteiger partial charge in [0, 0.05) is 35.2 Å². The van der Waals surface area contributed by atoms with Crippen LogP contribution in [0.4, 0.5) is 11.4 Å². The van der Waals surface area contributed by atoms with Gasteiger partial charge in [0.25, 0.3) is 11.6 Å². The number of ether oxygens (including phenoxy) is 2. The van der Waals surface area contributed by atoms with E-state index in [2.05, 4.69) is 15.5 Å². The lowest BCUT2D eigenvalue weighted by atomic mass is 10.0. The van der Waals surface area contributed by atoms with Gasteiger partial charge in [-0.2, -0.15) is 5.10 Å². The number of aromatic amines is 1. The molecule has 30 heavy (non-hydrogen) atoms. The molecule has 1 aliphatic heterocycles. The van der Waals surface area contributed by atoms with E-state index in [1.165, 1.54) is 12.1 Å². The molecule has 0 unspecified atom stereocenters. The Kier molecular flexibility index (Phi) is 3.85. The van der Waals surface area contributed by atoms with Crippen molar-refractivity contribution < 1.29 is 19.2 Å². The normalized spacial score (nSPS) is 14.9. The average molecular weight is 404 g/mol. The summed E-state index contributed by atoms with van der Waals surface area (Å²) in [4.78, 5) is 23.0. The number of carbonyl (C=O) groups excluding carboxylic acids is 1. The minimum absolute atomic E-state index is 0.0731. The van der Waals surface area contributed by atoms with Crippen molar-refractivity contribution >= 4 is 28.9 Å². The number of nitrogens with one attached hydrogen (secondary N) is 2. The first-order valence-corrected chi connectivity index (χ1v) is 9.14. The largest absolute Gasteiger partial charge is 0.493 e. The molecule has 9 heteroatoms. The number of nitro benzene ring substituents is 1. The first-order valence-electron chi connectivity index (χ1n) is 9.14. The van der Waals surface area contributed by atoms with Crippen molar-refractivity contribution in [3.8, 4) is 22.8 Å². The summed E-state index contributed by atoms with van der Waals surface area (Å²) in [7, 11) is 3.18. The highest BCUT2D eigenvalue weighted by Crippen LogP contribution is 2.44. The molecule has 3 aromatic rings. The van der Waals surface area contributed by atoms with Gasteiger partial charge in [-0.25, -0.2) is 0 Å². The van der Waals surface area contributed by atoms with Gasteiger partial charge in [0.15, 0.2) is 11.5 Å².